The molecule has 110 valence electrons. The van der Waals surface area contributed by atoms with E-state index in [0.717, 1.165) is 12.1 Å². The Bertz CT molecular complexity index is 631. The maximum atomic E-state index is 5.90. The van der Waals surface area contributed by atoms with Gasteiger partial charge in [0, 0.05) is 30.6 Å². The third-order valence-corrected chi connectivity index (χ3v) is 3.33. The fourth-order valence-corrected chi connectivity index (χ4v) is 2.22. The summed E-state index contributed by atoms with van der Waals surface area (Å²) in [6.07, 6.45) is 3.24. The van der Waals surface area contributed by atoms with E-state index in [0.29, 0.717) is 30.7 Å². The lowest BCUT2D eigenvalue weighted by atomic mass is 10.2. The van der Waals surface area contributed by atoms with Gasteiger partial charge in [-0.3, -0.25) is 0 Å². The van der Waals surface area contributed by atoms with E-state index in [-0.39, 0.29) is 12.0 Å². The fourth-order valence-electron chi connectivity index (χ4n) is 2.22. The molecule has 0 radical (unpaired) electrons. The third-order valence-electron chi connectivity index (χ3n) is 3.33. The number of morpholine rings is 1. The van der Waals surface area contributed by atoms with Crippen LogP contribution in [0, 0.1) is 0 Å². The summed E-state index contributed by atoms with van der Waals surface area (Å²) < 4.78 is 5.43. The maximum absolute atomic E-state index is 5.90. The molecule has 1 aliphatic rings. The smallest absolute Gasteiger partial charge is 0.228 e. The number of nitrogen functional groups attached to an aromatic ring is 2. The molecule has 1 fully saturated rings. The Morgan fingerprint density at radius 2 is 2.00 bits per heavy atom. The predicted molar refractivity (Wildman–Crippen MR) is 79.5 cm³/mol. The molecule has 0 bridgehead atoms. The van der Waals surface area contributed by atoms with Gasteiger partial charge in [0.25, 0.3) is 0 Å². The highest BCUT2D eigenvalue weighted by Crippen LogP contribution is 2.22. The van der Waals surface area contributed by atoms with E-state index >= 15 is 0 Å². The van der Waals surface area contributed by atoms with E-state index in [2.05, 4.69) is 31.8 Å². The predicted octanol–water partition coefficient (Wildman–Crippen LogP) is 0.323. The topological polar surface area (TPSA) is 116 Å². The molecule has 3 rings (SSSR count). The van der Waals surface area contributed by atoms with Crippen LogP contribution >= 0.6 is 0 Å². The van der Waals surface area contributed by atoms with Crippen molar-refractivity contribution < 1.29 is 4.74 Å². The molecule has 0 unspecified atom stereocenters. The molecule has 0 amide bonds. The average molecular weight is 287 g/mol. The van der Waals surface area contributed by atoms with Crippen LogP contribution in [0.25, 0.3) is 11.3 Å². The van der Waals surface area contributed by atoms with E-state index in [9.17, 15) is 0 Å². The average Bonchev–Trinajstić information content (AvgIpc) is 2.48. The zero-order valence-corrected chi connectivity index (χ0v) is 11.7. The summed E-state index contributed by atoms with van der Waals surface area (Å²) in [6.45, 7) is 4.11. The van der Waals surface area contributed by atoms with Gasteiger partial charge in [-0.1, -0.05) is 0 Å². The summed E-state index contributed by atoms with van der Waals surface area (Å²) in [7, 11) is 0. The molecule has 8 nitrogen and oxygen atoms in total. The van der Waals surface area contributed by atoms with Crippen LogP contribution in [0.2, 0.25) is 0 Å². The Balaban J connectivity index is 1.97. The number of nitrogens with two attached hydrogens (primary N) is 2. The lowest BCUT2D eigenvalue weighted by Gasteiger charge is -2.33. The van der Waals surface area contributed by atoms with Gasteiger partial charge in [-0.2, -0.15) is 4.98 Å². The summed E-state index contributed by atoms with van der Waals surface area (Å²) in [5.41, 5.74) is 12.8. The lowest BCUT2D eigenvalue weighted by molar-refractivity contribution is 0.0981. The summed E-state index contributed by atoms with van der Waals surface area (Å²) >= 11 is 0. The van der Waals surface area contributed by atoms with Crippen molar-refractivity contribution >= 4 is 17.7 Å². The molecule has 0 saturated carbocycles. The van der Waals surface area contributed by atoms with Crippen LogP contribution < -0.4 is 16.4 Å². The van der Waals surface area contributed by atoms with E-state index in [1.807, 2.05) is 0 Å². The molecule has 3 heterocycles. The molecule has 0 aromatic carbocycles. The van der Waals surface area contributed by atoms with E-state index < -0.39 is 0 Å². The highest BCUT2D eigenvalue weighted by atomic mass is 16.5. The molecule has 4 N–H and O–H groups in total. The first-order valence-electron chi connectivity index (χ1n) is 6.70. The van der Waals surface area contributed by atoms with Crippen molar-refractivity contribution in [2.45, 2.75) is 13.0 Å². The molecule has 2 aromatic rings. The minimum absolute atomic E-state index is 0.205. The molecule has 1 atom stereocenters. The van der Waals surface area contributed by atoms with Gasteiger partial charge in [-0.25, -0.2) is 15.0 Å². The minimum Gasteiger partial charge on any atom is -0.384 e. The summed E-state index contributed by atoms with van der Waals surface area (Å²) in [4.78, 5) is 18.9. The van der Waals surface area contributed by atoms with Gasteiger partial charge in [-0.05, 0) is 6.92 Å². The molecule has 0 aliphatic carbocycles. The summed E-state index contributed by atoms with van der Waals surface area (Å²) in [5, 5.41) is 0. The van der Waals surface area contributed by atoms with Gasteiger partial charge in [0.2, 0.25) is 11.9 Å². The van der Waals surface area contributed by atoms with Crippen molar-refractivity contribution in [3.63, 3.8) is 0 Å². The van der Waals surface area contributed by atoms with Gasteiger partial charge in [-0.15, -0.1) is 0 Å². The second-order valence-electron chi connectivity index (χ2n) is 4.93. The molecule has 1 aliphatic heterocycles. The second-order valence-corrected chi connectivity index (χ2v) is 4.93. The highest BCUT2D eigenvalue weighted by Gasteiger charge is 2.22. The van der Waals surface area contributed by atoms with E-state index in [4.69, 9.17) is 16.2 Å². The Morgan fingerprint density at radius 3 is 2.71 bits per heavy atom. The first-order chi connectivity index (χ1) is 10.1. The van der Waals surface area contributed by atoms with Crippen molar-refractivity contribution in [3.05, 3.63) is 18.5 Å². The zero-order valence-electron chi connectivity index (χ0n) is 11.7. The van der Waals surface area contributed by atoms with E-state index in [1.54, 1.807) is 18.5 Å². The highest BCUT2D eigenvalue weighted by molar-refractivity contribution is 5.62. The van der Waals surface area contributed by atoms with E-state index in [1.165, 1.54) is 0 Å². The molecule has 21 heavy (non-hydrogen) atoms. The fraction of sp³-hybridized carbons (Fsp3) is 0.385. The van der Waals surface area contributed by atoms with Gasteiger partial charge >= 0.3 is 0 Å². The number of hydrogen-bond donors (Lipinski definition) is 2. The number of rotatable bonds is 2. The van der Waals surface area contributed by atoms with Crippen LogP contribution in [-0.4, -0.2) is 45.7 Å². The number of hydrogen-bond acceptors (Lipinski definition) is 8. The van der Waals surface area contributed by atoms with Crippen molar-refractivity contribution in [2.24, 2.45) is 0 Å². The zero-order chi connectivity index (χ0) is 14.8. The standard InChI is InChI=1S/C13H17N7O/c1-8-7-21-3-2-20(8)13-18-10(4-11(14)19-13)9-5-16-12(15)17-6-9/h4-6,8H,2-3,7H2,1H3,(H2,14,18,19)(H2,15,16,17)/t8-/m0/s1. The first-order valence-corrected chi connectivity index (χ1v) is 6.70. The SMILES string of the molecule is C[C@H]1COCCN1c1nc(N)cc(-c2cnc(N)nc2)n1. The van der Waals surface area contributed by atoms with Gasteiger partial charge in [0.05, 0.1) is 24.9 Å². The number of ether oxygens (including phenoxy) is 1. The van der Waals surface area contributed by atoms with Crippen LogP contribution in [-0.2, 0) is 4.74 Å². The second kappa shape index (κ2) is 5.49. The van der Waals surface area contributed by atoms with Crippen molar-refractivity contribution in [1.29, 1.82) is 0 Å². The quantitative estimate of drug-likeness (QED) is 0.811. The molecule has 0 spiro atoms. The first kappa shape index (κ1) is 13.5. The van der Waals surface area contributed by atoms with Crippen molar-refractivity contribution in [3.8, 4) is 11.3 Å². The normalized spacial score (nSPS) is 18.7. The Labute approximate surface area is 122 Å². The van der Waals surface area contributed by atoms with Crippen molar-refractivity contribution in [1.82, 2.24) is 19.9 Å². The minimum atomic E-state index is 0.205. The molecule has 2 aromatic heterocycles. The Hall–Kier alpha value is -2.48. The Kier molecular flexibility index (Phi) is 3.53. The van der Waals surface area contributed by atoms with Crippen LogP contribution in [0.4, 0.5) is 17.7 Å². The monoisotopic (exact) mass is 287 g/mol. The molecular weight excluding hydrogens is 270 g/mol. The Morgan fingerprint density at radius 1 is 1.24 bits per heavy atom. The largest absolute Gasteiger partial charge is 0.384 e. The number of nitrogens with zero attached hydrogens (tertiary/aromatic N) is 5. The van der Waals surface area contributed by atoms with Gasteiger partial charge < -0.3 is 21.1 Å². The molecular formula is C13H17N7O. The van der Waals surface area contributed by atoms with Gasteiger partial charge in [0.1, 0.15) is 5.82 Å². The lowest BCUT2D eigenvalue weighted by Crippen LogP contribution is -2.44. The summed E-state index contributed by atoms with van der Waals surface area (Å²) in [5.74, 6) is 1.23. The maximum Gasteiger partial charge on any atom is 0.228 e. The van der Waals surface area contributed by atoms with Crippen LogP contribution in [0.3, 0.4) is 0 Å². The molecule has 1 saturated heterocycles. The summed E-state index contributed by atoms with van der Waals surface area (Å²) in [6, 6.07) is 1.90. The number of anilines is 3. The number of aromatic nitrogens is 4. The van der Waals surface area contributed by atoms with Crippen molar-refractivity contribution in [2.75, 3.05) is 36.1 Å². The third kappa shape index (κ3) is 2.84. The molecule has 8 heteroatoms. The van der Waals surface area contributed by atoms with Crippen LogP contribution in [0.5, 0.6) is 0 Å². The van der Waals surface area contributed by atoms with Gasteiger partial charge in [0.15, 0.2) is 0 Å². The van der Waals surface area contributed by atoms with Crippen LogP contribution in [0.1, 0.15) is 6.92 Å². The van der Waals surface area contributed by atoms with Crippen LogP contribution in [0.15, 0.2) is 18.5 Å².